The molecule has 2 aromatic carbocycles. The SMILES string of the molecule is CC(C)Oc1ccc(NC(=S)NC(=O)c2ccc(Cl)cc2)cc1. The Morgan fingerprint density at radius 3 is 2.26 bits per heavy atom. The highest BCUT2D eigenvalue weighted by Gasteiger charge is 2.08. The van der Waals surface area contributed by atoms with Crippen LogP contribution in [0, 0.1) is 0 Å². The largest absolute Gasteiger partial charge is 0.491 e. The first-order chi connectivity index (χ1) is 10.9. The van der Waals surface area contributed by atoms with Gasteiger partial charge < -0.3 is 10.1 Å². The molecule has 23 heavy (non-hydrogen) atoms. The average Bonchev–Trinajstić information content (AvgIpc) is 2.49. The van der Waals surface area contributed by atoms with Gasteiger partial charge in [0.1, 0.15) is 5.75 Å². The smallest absolute Gasteiger partial charge is 0.257 e. The lowest BCUT2D eigenvalue weighted by Gasteiger charge is -2.12. The number of nitrogens with one attached hydrogen (secondary N) is 2. The quantitative estimate of drug-likeness (QED) is 0.811. The van der Waals surface area contributed by atoms with Gasteiger partial charge in [0.25, 0.3) is 5.91 Å². The second-order valence-corrected chi connectivity index (χ2v) is 5.95. The lowest BCUT2D eigenvalue weighted by atomic mass is 10.2. The van der Waals surface area contributed by atoms with Gasteiger partial charge in [-0.25, -0.2) is 0 Å². The van der Waals surface area contributed by atoms with Crippen LogP contribution in [0.1, 0.15) is 24.2 Å². The first kappa shape index (κ1) is 17.2. The van der Waals surface area contributed by atoms with Gasteiger partial charge in [-0.1, -0.05) is 11.6 Å². The number of hydrogen-bond donors (Lipinski definition) is 2. The van der Waals surface area contributed by atoms with Crippen LogP contribution in [0.3, 0.4) is 0 Å². The Kier molecular flexibility index (Phi) is 5.96. The first-order valence-corrected chi connectivity index (χ1v) is 7.87. The molecule has 4 nitrogen and oxygen atoms in total. The van der Waals surface area contributed by atoms with Crippen LogP contribution in [0.2, 0.25) is 5.02 Å². The maximum Gasteiger partial charge on any atom is 0.257 e. The predicted octanol–water partition coefficient (Wildman–Crippen LogP) is 4.25. The third kappa shape index (κ3) is 5.54. The highest BCUT2D eigenvalue weighted by Crippen LogP contribution is 2.17. The van der Waals surface area contributed by atoms with Crippen LogP contribution in [0.4, 0.5) is 5.69 Å². The van der Waals surface area contributed by atoms with Gasteiger partial charge in [0.2, 0.25) is 0 Å². The molecule has 0 saturated heterocycles. The third-order valence-corrected chi connectivity index (χ3v) is 3.27. The summed E-state index contributed by atoms with van der Waals surface area (Å²) >= 11 is 10.9. The summed E-state index contributed by atoms with van der Waals surface area (Å²) in [6, 6.07) is 13.9. The molecule has 1 amide bonds. The van der Waals surface area contributed by atoms with Gasteiger partial charge in [0, 0.05) is 16.3 Å². The van der Waals surface area contributed by atoms with E-state index in [4.69, 9.17) is 28.6 Å². The molecule has 0 aromatic heterocycles. The van der Waals surface area contributed by atoms with Crippen molar-refractivity contribution in [3.05, 3.63) is 59.1 Å². The van der Waals surface area contributed by atoms with Crippen molar-refractivity contribution < 1.29 is 9.53 Å². The molecule has 2 aromatic rings. The molecule has 0 bridgehead atoms. The number of halogens is 1. The van der Waals surface area contributed by atoms with Crippen molar-refractivity contribution in [2.75, 3.05) is 5.32 Å². The lowest BCUT2D eigenvalue weighted by Crippen LogP contribution is -2.34. The monoisotopic (exact) mass is 348 g/mol. The summed E-state index contributed by atoms with van der Waals surface area (Å²) in [7, 11) is 0. The van der Waals surface area contributed by atoms with Crippen molar-refractivity contribution >= 4 is 40.5 Å². The van der Waals surface area contributed by atoms with Crippen molar-refractivity contribution in [3.8, 4) is 5.75 Å². The Labute approximate surface area is 145 Å². The summed E-state index contributed by atoms with van der Waals surface area (Å²) < 4.78 is 5.57. The fourth-order valence-corrected chi connectivity index (χ4v) is 2.16. The minimum absolute atomic E-state index is 0.119. The summed E-state index contributed by atoms with van der Waals surface area (Å²) in [4.78, 5) is 12.0. The number of benzene rings is 2. The Bertz CT molecular complexity index is 685. The zero-order valence-corrected chi connectivity index (χ0v) is 14.4. The standard InChI is InChI=1S/C17H17ClN2O2S/c1-11(2)22-15-9-7-14(8-10-15)19-17(23)20-16(21)12-3-5-13(18)6-4-12/h3-11H,1-2H3,(H2,19,20,21,23). The normalized spacial score (nSPS) is 10.3. The molecule has 0 fully saturated rings. The van der Waals surface area contributed by atoms with E-state index in [0.717, 1.165) is 11.4 Å². The van der Waals surface area contributed by atoms with E-state index in [9.17, 15) is 4.79 Å². The number of carbonyl (C=O) groups is 1. The van der Waals surface area contributed by atoms with Crippen LogP contribution >= 0.6 is 23.8 Å². The second kappa shape index (κ2) is 7.94. The number of anilines is 1. The highest BCUT2D eigenvalue weighted by molar-refractivity contribution is 7.80. The second-order valence-electron chi connectivity index (χ2n) is 5.11. The average molecular weight is 349 g/mol. The van der Waals surface area contributed by atoms with Gasteiger partial charge in [-0.15, -0.1) is 0 Å². The zero-order valence-electron chi connectivity index (χ0n) is 12.8. The van der Waals surface area contributed by atoms with Gasteiger partial charge in [-0.2, -0.15) is 0 Å². The molecule has 2 N–H and O–H groups in total. The minimum Gasteiger partial charge on any atom is -0.491 e. The molecule has 120 valence electrons. The molecule has 0 saturated carbocycles. The Balaban J connectivity index is 1.91. The van der Waals surface area contributed by atoms with Crippen LogP contribution in [0.15, 0.2) is 48.5 Å². The number of rotatable bonds is 4. The number of carbonyl (C=O) groups excluding carboxylic acids is 1. The van der Waals surface area contributed by atoms with Crippen molar-refractivity contribution in [1.82, 2.24) is 5.32 Å². The number of amides is 1. The minimum atomic E-state index is -0.293. The summed E-state index contributed by atoms with van der Waals surface area (Å²) in [5.74, 6) is 0.487. The molecular formula is C17H17ClN2O2S. The molecule has 0 spiro atoms. The van der Waals surface area contributed by atoms with Crippen LogP contribution in [-0.2, 0) is 0 Å². The molecule has 0 radical (unpaired) electrons. The van der Waals surface area contributed by atoms with Gasteiger partial charge in [0.15, 0.2) is 5.11 Å². The number of hydrogen-bond acceptors (Lipinski definition) is 3. The van der Waals surface area contributed by atoms with Crippen LogP contribution in [0.25, 0.3) is 0 Å². The van der Waals surface area contributed by atoms with E-state index < -0.39 is 0 Å². The topological polar surface area (TPSA) is 50.4 Å². The zero-order chi connectivity index (χ0) is 16.8. The molecule has 2 rings (SSSR count). The molecule has 0 aliphatic heterocycles. The maximum atomic E-state index is 12.0. The van der Waals surface area contributed by atoms with Crippen LogP contribution in [-0.4, -0.2) is 17.1 Å². The maximum absolute atomic E-state index is 12.0. The molecule has 0 aliphatic rings. The van der Waals surface area contributed by atoms with Gasteiger partial charge in [-0.05, 0) is 74.6 Å². The van der Waals surface area contributed by atoms with Gasteiger partial charge >= 0.3 is 0 Å². The van der Waals surface area contributed by atoms with Crippen molar-refractivity contribution in [2.45, 2.75) is 20.0 Å². The van der Waals surface area contributed by atoms with E-state index in [-0.39, 0.29) is 17.1 Å². The van der Waals surface area contributed by atoms with Gasteiger partial charge in [0.05, 0.1) is 6.10 Å². The Morgan fingerprint density at radius 2 is 1.70 bits per heavy atom. The predicted molar refractivity (Wildman–Crippen MR) is 97.3 cm³/mol. The van der Waals surface area contributed by atoms with Gasteiger partial charge in [-0.3, -0.25) is 10.1 Å². The van der Waals surface area contributed by atoms with E-state index in [1.165, 1.54) is 0 Å². The van der Waals surface area contributed by atoms with Crippen LogP contribution in [0.5, 0.6) is 5.75 Å². The number of thiocarbonyl (C=S) groups is 1. The van der Waals surface area contributed by atoms with E-state index in [0.29, 0.717) is 10.6 Å². The molecule has 0 heterocycles. The third-order valence-electron chi connectivity index (χ3n) is 2.82. The van der Waals surface area contributed by atoms with Crippen molar-refractivity contribution in [2.24, 2.45) is 0 Å². The molecule has 0 aliphatic carbocycles. The van der Waals surface area contributed by atoms with Crippen molar-refractivity contribution in [3.63, 3.8) is 0 Å². The Morgan fingerprint density at radius 1 is 1.09 bits per heavy atom. The summed E-state index contributed by atoms with van der Waals surface area (Å²) in [6.45, 7) is 3.93. The summed E-state index contributed by atoms with van der Waals surface area (Å²) in [6.07, 6.45) is 0.119. The highest BCUT2D eigenvalue weighted by atomic mass is 35.5. The molecule has 0 atom stereocenters. The summed E-state index contributed by atoms with van der Waals surface area (Å²) in [5.41, 5.74) is 1.25. The fraction of sp³-hybridized carbons (Fsp3) is 0.176. The van der Waals surface area contributed by atoms with Crippen molar-refractivity contribution in [1.29, 1.82) is 0 Å². The fourth-order valence-electron chi connectivity index (χ4n) is 1.83. The molecule has 6 heteroatoms. The first-order valence-electron chi connectivity index (χ1n) is 7.08. The molecular weight excluding hydrogens is 332 g/mol. The van der Waals surface area contributed by atoms with E-state index in [2.05, 4.69) is 10.6 Å². The molecule has 0 unspecified atom stereocenters. The van der Waals surface area contributed by atoms with E-state index in [1.54, 1.807) is 24.3 Å². The summed E-state index contributed by atoms with van der Waals surface area (Å²) in [5, 5.41) is 6.37. The van der Waals surface area contributed by atoms with E-state index >= 15 is 0 Å². The van der Waals surface area contributed by atoms with Crippen LogP contribution < -0.4 is 15.4 Å². The Hall–Kier alpha value is -2.11. The lowest BCUT2D eigenvalue weighted by molar-refractivity contribution is 0.0977. The van der Waals surface area contributed by atoms with E-state index in [1.807, 2.05) is 38.1 Å². The number of ether oxygens (including phenoxy) is 1.